The largest absolute Gasteiger partial charge is 0.435 e. The predicted molar refractivity (Wildman–Crippen MR) is 136 cm³/mol. The summed E-state index contributed by atoms with van der Waals surface area (Å²) in [6.45, 7) is 10.3. The van der Waals surface area contributed by atoms with E-state index in [9.17, 15) is 40.3 Å². The highest BCUT2D eigenvalue weighted by atomic mass is 32.2. The SMILES string of the molecule is CC.CSCC(C)(C)NC(=O)c1c(C)cccc1C(=O)Nc1ccc(C(F)(C(F)(F)F)C(F)(F)F)cc1C. The standard InChI is InChI=1S/C24H25F7N2O2S.C2H6/c1-13-7-6-8-16(18(13)20(35)33-21(3,4)12-36-5)19(34)32-17-10-9-15(11-14(17)2)22(25,23(26,27)28)24(29,30)31;1-2/h6-11H,12H2,1-5H3,(H,32,34)(H,33,35);1-2H3. The Kier molecular flexibility index (Phi) is 10.9. The number of carbonyl (C=O) groups excluding carboxylic acids is 2. The molecule has 2 N–H and O–H groups in total. The second kappa shape index (κ2) is 12.4. The number of nitrogens with one attached hydrogen (secondary N) is 2. The van der Waals surface area contributed by atoms with Crippen molar-refractivity contribution in [2.24, 2.45) is 0 Å². The second-order valence-corrected chi connectivity index (χ2v) is 9.77. The molecule has 0 bridgehead atoms. The van der Waals surface area contributed by atoms with Crippen LogP contribution in [0, 0.1) is 13.8 Å². The van der Waals surface area contributed by atoms with E-state index in [2.05, 4.69) is 10.6 Å². The van der Waals surface area contributed by atoms with Gasteiger partial charge in [-0.3, -0.25) is 9.59 Å². The molecule has 212 valence electrons. The molecule has 0 aromatic heterocycles. The summed E-state index contributed by atoms with van der Waals surface area (Å²) >= 11 is 1.51. The zero-order valence-electron chi connectivity index (χ0n) is 22.0. The Morgan fingerprint density at radius 1 is 0.842 bits per heavy atom. The van der Waals surface area contributed by atoms with E-state index in [-0.39, 0.29) is 22.4 Å². The molecule has 0 aliphatic rings. The van der Waals surface area contributed by atoms with Gasteiger partial charge in [-0.15, -0.1) is 0 Å². The van der Waals surface area contributed by atoms with Gasteiger partial charge in [0.15, 0.2) is 0 Å². The van der Waals surface area contributed by atoms with Gasteiger partial charge in [0.05, 0.1) is 11.1 Å². The molecule has 12 heteroatoms. The Bertz CT molecular complexity index is 1130. The third-order valence-corrected chi connectivity index (χ3v) is 6.37. The molecule has 2 amide bonds. The zero-order chi connectivity index (χ0) is 29.7. The first-order valence-electron chi connectivity index (χ1n) is 11.5. The number of thioether (sulfide) groups is 1. The minimum Gasteiger partial charge on any atom is -0.346 e. The summed E-state index contributed by atoms with van der Waals surface area (Å²) in [7, 11) is 0. The van der Waals surface area contributed by atoms with Gasteiger partial charge in [0.25, 0.3) is 11.8 Å². The topological polar surface area (TPSA) is 58.2 Å². The molecule has 4 nitrogen and oxygen atoms in total. The first-order chi connectivity index (χ1) is 17.4. The number of carbonyl (C=O) groups is 2. The first kappa shape index (κ1) is 33.3. The maximum Gasteiger partial charge on any atom is 0.435 e. The summed E-state index contributed by atoms with van der Waals surface area (Å²) < 4.78 is 92.8. The van der Waals surface area contributed by atoms with Crippen LogP contribution in [0.15, 0.2) is 36.4 Å². The summed E-state index contributed by atoms with van der Waals surface area (Å²) in [4.78, 5) is 26.0. The molecule has 0 fully saturated rings. The molecule has 38 heavy (non-hydrogen) atoms. The van der Waals surface area contributed by atoms with Crippen LogP contribution in [-0.4, -0.2) is 41.7 Å². The minimum atomic E-state index is -6.25. The van der Waals surface area contributed by atoms with Crippen molar-refractivity contribution in [3.8, 4) is 0 Å². The zero-order valence-corrected chi connectivity index (χ0v) is 22.9. The van der Waals surface area contributed by atoms with Crippen molar-refractivity contribution in [2.75, 3.05) is 17.3 Å². The van der Waals surface area contributed by atoms with Gasteiger partial charge in [0, 0.05) is 22.5 Å². The summed E-state index contributed by atoms with van der Waals surface area (Å²) in [5, 5.41) is 5.23. The Hall–Kier alpha value is -2.76. The fraction of sp³-hybridized carbons (Fsp3) is 0.462. The molecule has 2 aromatic carbocycles. The highest BCUT2D eigenvalue weighted by molar-refractivity contribution is 7.98. The maximum absolute atomic E-state index is 14.4. The van der Waals surface area contributed by atoms with Crippen molar-refractivity contribution in [1.29, 1.82) is 0 Å². The van der Waals surface area contributed by atoms with Crippen LogP contribution >= 0.6 is 11.8 Å². The van der Waals surface area contributed by atoms with E-state index >= 15 is 0 Å². The summed E-state index contributed by atoms with van der Waals surface area (Å²) in [6.07, 6.45) is -10.6. The number of benzene rings is 2. The van der Waals surface area contributed by atoms with Crippen molar-refractivity contribution in [2.45, 2.75) is 65.1 Å². The molecular formula is C26H31F7N2O2S. The molecule has 0 atom stereocenters. The van der Waals surface area contributed by atoms with E-state index in [1.165, 1.54) is 23.9 Å². The summed E-state index contributed by atoms with van der Waals surface area (Å²) in [5.41, 5.74) is -7.75. The molecule has 0 aliphatic carbocycles. The lowest BCUT2D eigenvalue weighted by Crippen LogP contribution is -2.50. The summed E-state index contributed by atoms with van der Waals surface area (Å²) in [5.74, 6) is -0.758. The van der Waals surface area contributed by atoms with Gasteiger partial charge in [-0.2, -0.15) is 38.1 Å². The molecule has 0 unspecified atom stereocenters. The number of hydrogen-bond donors (Lipinski definition) is 2. The van der Waals surface area contributed by atoms with Crippen LogP contribution in [-0.2, 0) is 5.67 Å². The van der Waals surface area contributed by atoms with Gasteiger partial charge in [-0.25, -0.2) is 4.39 Å². The van der Waals surface area contributed by atoms with Crippen LogP contribution in [0.1, 0.15) is 65.1 Å². The lowest BCUT2D eigenvalue weighted by atomic mass is 9.92. The van der Waals surface area contributed by atoms with Crippen LogP contribution in [0.3, 0.4) is 0 Å². The Balaban J connectivity index is 0.00000352. The van der Waals surface area contributed by atoms with Crippen molar-refractivity contribution >= 4 is 29.3 Å². The molecule has 0 saturated carbocycles. The molecule has 0 heterocycles. The van der Waals surface area contributed by atoms with Gasteiger partial charge < -0.3 is 10.6 Å². The van der Waals surface area contributed by atoms with E-state index in [1.54, 1.807) is 26.8 Å². The molecule has 0 radical (unpaired) electrons. The van der Waals surface area contributed by atoms with Crippen LogP contribution in [0.5, 0.6) is 0 Å². The first-order valence-corrected chi connectivity index (χ1v) is 12.9. The van der Waals surface area contributed by atoms with E-state index < -0.39 is 40.9 Å². The molecule has 0 spiro atoms. The van der Waals surface area contributed by atoms with Gasteiger partial charge in [-0.1, -0.05) is 38.1 Å². The Labute approximate surface area is 221 Å². The number of amides is 2. The van der Waals surface area contributed by atoms with Crippen molar-refractivity contribution < 1.29 is 40.3 Å². The molecule has 0 saturated heterocycles. The van der Waals surface area contributed by atoms with Crippen LogP contribution < -0.4 is 10.6 Å². The minimum absolute atomic E-state index is 0.0543. The smallest absolute Gasteiger partial charge is 0.346 e. The van der Waals surface area contributed by atoms with Gasteiger partial charge in [0.1, 0.15) is 0 Å². The molecule has 2 rings (SSSR count). The van der Waals surface area contributed by atoms with Gasteiger partial charge >= 0.3 is 18.0 Å². The lowest BCUT2D eigenvalue weighted by molar-refractivity contribution is -0.348. The number of alkyl halides is 7. The molecule has 0 aliphatic heterocycles. The lowest BCUT2D eigenvalue weighted by Gasteiger charge is -2.30. The van der Waals surface area contributed by atoms with Crippen LogP contribution in [0.2, 0.25) is 0 Å². The van der Waals surface area contributed by atoms with E-state index in [0.717, 1.165) is 13.0 Å². The highest BCUT2D eigenvalue weighted by Crippen LogP contribution is 2.53. The molecule has 2 aromatic rings. The van der Waals surface area contributed by atoms with E-state index in [1.807, 2.05) is 20.1 Å². The average Bonchev–Trinajstić information content (AvgIpc) is 2.78. The van der Waals surface area contributed by atoms with Crippen LogP contribution in [0.4, 0.5) is 36.4 Å². The van der Waals surface area contributed by atoms with Gasteiger partial charge in [0.2, 0.25) is 0 Å². The molecular weight excluding hydrogens is 537 g/mol. The quantitative estimate of drug-likeness (QED) is 0.336. The maximum atomic E-state index is 14.4. The van der Waals surface area contributed by atoms with Crippen molar-refractivity contribution in [3.63, 3.8) is 0 Å². The predicted octanol–water partition coefficient (Wildman–Crippen LogP) is 7.74. The average molecular weight is 569 g/mol. The van der Waals surface area contributed by atoms with E-state index in [4.69, 9.17) is 0 Å². The Morgan fingerprint density at radius 2 is 1.39 bits per heavy atom. The third-order valence-electron chi connectivity index (χ3n) is 5.36. The van der Waals surface area contributed by atoms with Crippen molar-refractivity contribution in [3.05, 3.63) is 64.2 Å². The number of hydrogen-bond acceptors (Lipinski definition) is 3. The normalized spacial score (nSPS) is 12.4. The van der Waals surface area contributed by atoms with Crippen molar-refractivity contribution in [1.82, 2.24) is 5.32 Å². The highest BCUT2D eigenvalue weighted by Gasteiger charge is 2.73. The number of anilines is 1. The number of aryl methyl sites for hydroxylation is 2. The van der Waals surface area contributed by atoms with Crippen LogP contribution in [0.25, 0.3) is 0 Å². The Morgan fingerprint density at radius 3 is 1.87 bits per heavy atom. The fourth-order valence-electron chi connectivity index (χ4n) is 3.62. The number of halogens is 7. The third kappa shape index (κ3) is 7.21. The summed E-state index contributed by atoms with van der Waals surface area (Å²) in [6, 6.07) is 5.95. The number of rotatable bonds is 7. The monoisotopic (exact) mass is 568 g/mol. The fourth-order valence-corrected chi connectivity index (χ4v) is 4.41. The second-order valence-electron chi connectivity index (χ2n) is 8.91. The van der Waals surface area contributed by atoms with E-state index in [0.29, 0.717) is 23.4 Å². The van der Waals surface area contributed by atoms with Gasteiger partial charge in [-0.05, 0) is 57.2 Å².